The Labute approximate surface area is 169 Å². The zero-order valence-corrected chi connectivity index (χ0v) is 17.6. The predicted octanol–water partition coefficient (Wildman–Crippen LogP) is 3.79. The number of nitrogens with one attached hydrogen (secondary N) is 1. The third-order valence-corrected chi connectivity index (χ3v) is 5.68. The quantitative estimate of drug-likeness (QED) is 0.623. The van der Waals surface area contributed by atoms with Gasteiger partial charge in [-0.05, 0) is 43.7 Å². The van der Waals surface area contributed by atoms with Gasteiger partial charge in [0.1, 0.15) is 11.4 Å². The highest BCUT2D eigenvalue weighted by Gasteiger charge is 2.24. The molecule has 0 unspecified atom stereocenters. The lowest BCUT2D eigenvalue weighted by Crippen LogP contribution is -2.14. The minimum atomic E-state index is -3.84. The number of rotatable bonds is 7. The van der Waals surface area contributed by atoms with Gasteiger partial charge >= 0.3 is 0 Å². The molecule has 1 heterocycles. The first kappa shape index (κ1) is 20.5. The molecule has 1 N–H and O–H groups in total. The van der Waals surface area contributed by atoms with Crippen LogP contribution in [0.1, 0.15) is 11.3 Å². The standard InChI is InChI=1S/C20H22N2O6S/c1-12-7-6-8-15(9-12)29(23,24)22-18-13(2)28-21-19(18)14-10-16(25-3)20(27-5)17(11-14)26-4/h6-11,22H,1-5H3. The highest BCUT2D eigenvalue weighted by molar-refractivity contribution is 7.92. The van der Waals surface area contributed by atoms with Crippen molar-refractivity contribution < 1.29 is 27.2 Å². The van der Waals surface area contributed by atoms with Crippen molar-refractivity contribution in [2.75, 3.05) is 26.1 Å². The van der Waals surface area contributed by atoms with E-state index in [2.05, 4.69) is 9.88 Å². The maximum atomic E-state index is 12.9. The van der Waals surface area contributed by atoms with E-state index in [-0.39, 0.29) is 10.6 Å². The van der Waals surface area contributed by atoms with Gasteiger partial charge < -0.3 is 18.7 Å². The summed E-state index contributed by atoms with van der Waals surface area (Å²) in [5, 5.41) is 4.03. The van der Waals surface area contributed by atoms with E-state index in [0.717, 1.165) is 5.56 Å². The van der Waals surface area contributed by atoms with Gasteiger partial charge in [0.2, 0.25) is 5.75 Å². The summed E-state index contributed by atoms with van der Waals surface area (Å²) in [6.45, 7) is 3.45. The van der Waals surface area contributed by atoms with Crippen LogP contribution in [0, 0.1) is 13.8 Å². The molecule has 0 aliphatic carbocycles. The van der Waals surface area contributed by atoms with Crippen molar-refractivity contribution in [2.24, 2.45) is 0 Å². The molecule has 0 saturated heterocycles. The van der Waals surface area contributed by atoms with E-state index in [1.165, 1.54) is 27.4 Å². The van der Waals surface area contributed by atoms with Crippen molar-refractivity contribution in [3.8, 4) is 28.5 Å². The molecule has 0 atom stereocenters. The molecule has 0 radical (unpaired) electrons. The normalized spacial score (nSPS) is 11.2. The van der Waals surface area contributed by atoms with Crippen LogP contribution in [-0.2, 0) is 10.0 Å². The first-order valence-electron chi connectivity index (χ1n) is 8.67. The van der Waals surface area contributed by atoms with Gasteiger partial charge in [-0.2, -0.15) is 0 Å². The second-order valence-electron chi connectivity index (χ2n) is 6.30. The third-order valence-electron chi connectivity index (χ3n) is 4.34. The number of aromatic nitrogens is 1. The molecule has 154 valence electrons. The molecule has 0 aliphatic heterocycles. The molecule has 0 amide bonds. The largest absolute Gasteiger partial charge is 0.493 e. The van der Waals surface area contributed by atoms with Crippen LogP contribution in [0.2, 0.25) is 0 Å². The average Bonchev–Trinajstić information content (AvgIpc) is 3.06. The summed E-state index contributed by atoms with van der Waals surface area (Å²) in [6, 6.07) is 9.96. The zero-order valence-electron chi connectivity index (χ0n) is 16.8. The lowest BCUT2D eigenvalue weighted by molar-refractivity contribution is 0.324. The number of benzene rings is 2. The SMILES string of the molecule is COc1cc(-c2noc(C)c2NS(=O)(=O)c2cccc(C)c2)cc(OC)c1OC. The third kappa shape index (κ3) is 4.00. The van der Waals surface area contributed by atoms with Gasteiger partial charge in [0, 0.05) is 5.56 Å². The van der Waals surface area contributed by atoms with Crippen LogP contribution in [0.5, 0.6) is 17.2 Å². The monoisotopic (exact) mass is 418 g/mol. The number of anilines is 1. The average molecular weight is 418 g/mol. The Hall–Kier alpha value is -3.20. The van der Waals surface area contributed by atoms with E-state index in [9.17, 15) is 8.42 Å². The van der Waals surface area contributed by atoms with Gasteiger partial charge in [-0.25, -0.2) is 8.42 Å². The fourth-order valence-electron chi connectivity index (χ4n) is 2.88. The highest BCUT2D eigenvalue weighted by Crippen LogP contribution is 2.43. The minimum Gasteiger partial charge on any atom is -0.493 e. The van der Waals surface area contributed by atoms with Crippen LogP contribution in [0.4, 0.5) is 5.69 Å². The molecule has 0 bridgehead atoms. The van der Waals surface area contributed by atoms with Crippen LogP contribution < -0.4 is 18.9 Å². The Morgan fingerprint density at radius 3 is 2.17 bits per heavy atom. The summed E-state index contributed by atoms with van der Waals surface area (Å²) in [4.78, 5) is 0.147. The Morgan fingerprint density at radius 2 is 1.62 bits per heavy atom. The lowest BCUT2D eigenvalue weighted by atomic mass is 10.1. The molecular formula is C20H22N2O6S. The van der Waals surface area contributed by atoms with Crippen molar-refractivity contribution in [1.29, 1.82) is 0 Å². The molecule has 29 heavy (non-hydrogen) atoms. The highest BCUT2D eigenvalue weighted by atomic mass is 32.2. The molecule has 9 heteroatoms. The molecule has 3 aromatic rings. The molecule has 2 aromatic carbocycles. The molecule has 8 nitrogen and oxygen atoms in total. The summed E-state index contributed by atoms with van der Waals surface area (Å²) in [5.41, 5.74) is 1.91. The van der Waals surface area contributed by atoms with Crippen molar-refractivity contribution in [2.45, 2.75) is 18.7 Å². The molecule has 0 fully saturated rings. The first-order valence-corrected chi connectivity index (χ1v) is 10.1. The lowest BCUT2D eigenvalue weighted by Gasteiger charge is -2.14. The summed E-state index contributed by atoms with van der Waals surface area (Å²) >= 11 is 0. The van der Waals surface area contributed by atoms with Crippen molar-refractivity contribution in [3.05, 3.63) is 47.7 Å². The zero-order chi connectivity index (χ0) is 21.2. The Morgan fingerprint density at radius 1 is 0.966 bits per heavy atom. The number of methoxy groups -OCH3 is 3. The second kappa shape index (κ2) is 8.04. The second-order valence-corrected chi connectivity index (χ2v) is 7.98. The van der Waals surface area contributed by atoms with Gasteiger partial charge in [0.05, 0.1) is 26.2 Å². The summed E-state index contributed by atoms with van der Waals surface area (Å²) in [7, 11) is 0.655. The molecule has 0 spiro atoms. The van der Waals surface area contributed by atoms with E-state index >= 15 is 0 Å². The number of nitrogens with zero attached hydrogens (tertiary/aromatic N) is 1. The summed E-state index contributed by atoms with van der Waals surface area (Å²) in [6.07, 6.45) is 0. The number of aryl methyl sites for hydroxylation is 2. The van der Waals surface area contributed by atoms with Crippen LogP contribution >= 0.6 is 0 Å². The van der Waals surface area contributed by atoms with Gasteiger partial charge in [-0.1, -0.05) is 17.3 Å². The van der Waals surface area contributed by atoms with Crippen LogP contribution in [-0.4, -0.2) is 34.9 Å². The smallest absolute Gasteiger partial charge is 0.262 e. The molecular weight excluding hydrogens is 396 g/mol. The van der Waals surface area contributed by atoms with E-state index in [4.69, 9.17) is 18.7 Å². The van der Waals surface area contributed by atoms with Crippen LogP contribution in [0.3, 0.4) is 0 Å². The fourth-order valence-corrected chi connectivity index (χ4v) is 4.11. The van der Waals surface area contributed by atoms with Crippen LogP contribution in [0.25, 0.3) is 11.3 Å². The molecule has 0 aliphatic rings. The topological polar surface area (TPSA) is 99.9 Å². The molecule has 1 aromatic heterocycles. The summed E-state index contributed by atoms with van der Waals surface area (Å²) < 4.78 is 49.7. The van der Waals surface area contributed by atoms with Crippen molar-refractivity contribution >= 4 is 15.7 Å². The van der Waals surface area contributed by atoms with Crippen LogP contribution in [0.15, 0.2) is 45.8 Å². The fraction of sp³-hybridized carbons (Fsp3) is 0.250. The maximum absolute atomic E-state index is 12.9. The van der Waals surface area contributed by atoms with E-state index in [1.807, 2.05) is 13.0 Å². The maximum Gasteiger partial charge on any atom is 0.262 e. The van der Waals surface area contributed by atoms with Crippen molar-refractivity contribution in [3.63, 3.8) is 0 Å². The Balaban J connectivity index is 2.09. The van der Waals surface area contributed by atoms with Crippen molar-refractivity contribution in [1.82, 2.24) is 5.16 Å². The minimum absolute atomic E-state index is 0.147. The molecule has 3 rings (SSSR count). The molecule has 0 saturated carbocycles. The number of ether oxygens (including phenoxy) is 3. The van der Waals surface area contributed by atoms with E-state index in [1.54, 1.807) is 31.2 Å². The first-order chi connectivity index (χ1) is 13.8. The van der Waals surface area contributed by atoms with Gasteiger partial charge in [0.25, 0.3) is 10.0 Å². The number of sulfonamides is 1. The summed E-state index contributed by atoms with van der Waals surface area (Å²) in [5.74, 6) is 1.57. The van der Waals surface area contributed by atoms with Gasteiger partial charge in [-0.15, -0.1) is 0 Å². The Bertz CT molecular complexity index is 1110. The number of hydrogen-bond acceptors (Lipinski definition) is 7. The van der Waals surface area contributed by atoms with E-state index < -0.39 is 10.0 Å². The van der Waals surface area contributed by atoms with E-state index in [0.29, 0.717) is 34.3 Å². The van der Waals surface area contributed by atoms with Gasteiger partial charge in [0.15, 0.2) is 17.3 Å². The number of hydrogen-bond donors (Lipinski definition) is 1. The predicted molar refractivity (Wildman–Crippen MR) is 108 cm³/mol. The Kier molecular flexibility index (Phi) is 5.69. The van der Waals surface area contributed by atoms with Gasteiger partial charge in [-0.3, -0.25) is 4.72 Å².